The summed E-state index contributed by atoms with van der Waals surface area (Å²) in [5.74, 6) is 1.34. The van der Waals surface area contributed by atoms with Gasteiger partial charge in [0.2, 0.25) is 0 Å². The maximum absolute atomic E-state index is 12.7. The lowest BCUT2D eigenvalue weighted by Crippen LogP contribution is -2.05. The minimum absolute atomic E-state index is 0.0892. The van der Waals surface area contributed by atoms with Crippen LogP contribution in [0.3, 0.4) is 0 Å². The van der Waals surface area contributed by atoms with Crippen molar-refractivity contribution in [2.24, 2.45) is 11.0 Å². The lowest BCUT2D eigenvalue weighted by molar-refractivity contribution is -0.137. The standard InChI is InChI=1S/C19H20ClF3N2O/c1-13(2)9-10-26-16-6-3-14(4-7-16)12-24-25-18-11-15(19(21,22)23)5-8-17(18)20/h3-8,11-13,25H,9-10H2,1-2H3/b24-12-. The molecule has 0 fully saturated rings. The number of benzene rings is 2. The Morgan fingerprint density at radius 2 is 1.85 bits per heavy atom. The van der Waals surface area contributed by atoms with Gasteiger partial charge in [-0.25, -0.2) is 0 Å². The second kappa shape index (κ2) is 8.94. The highest BCUT2D eigenvalue weighted by atomic mass is 35.5. The molecule has 3 nitrogen and oxygen atoms in total. The van der Waals surface area contributed by atoms with Gasteiger partial charge in [-0.05, 0) is 60.4 Å². The number of hydrazone groups is 1. The van der Waals surface area contributed by atoms with Crippen LogP contribution in [0, 0.1) is 5.92 Å². The molecule has 0 spiro atoms. The van der Waals surface area contributed by atoms with E-state index in [1.54, 1.807) is 0 Å². The first kappa shape index (κ1) is 20.1. The molecule has 2 aromatic carbocycles. The first-order valence-electron chi connectivity index (χ1n) is 8.14. The van der Waals surface area contributed by atoms with E-state index in [0.29, 0.717) is 12.5 Å². The van der Waals surface area contributed by atoms with Gasteiger partial charge in [-0.1, -0.05) is 25.4 Å². The molecular weight excluding hydrogens is 365 g/mol. The predicted molar refractivity (Wildman–Crippen MR) is 99.1 cm³/mol. The monoisotopic (exact) mass is 384 g/mol. The van der Waals surface area contributed by atoms with Gasteiger partial charge in [-0.2, -0.15) is 18.3 Å². The fourth-order valence-corrected chi connectivity index (χ4v) is 2.19. The minimum atomic E-state index is -4.43. The molecule has 0 aliphatic rings. The number of hydrogen-bond acceptors (Lipinski definition) is 3. The van der Waals surface area contributed by atoms with E-state index >= 15 is 0 Å². The van der Waals surface area contributed by atoms with Gasteiger partial charge >= 0.3 is 6.18 Å². The molecule has 0 saturated carbocycles. The number of halogens is 4. The number of hydrogen-bond donors (Lipinski definition) is 1. The van der Waals surface area contributed by atoms with Crippen molar-refractivity contribution in [2.75, 3.05) is 12.0 Å². The largest absolute Gasteiger partial charge is 0.494 e. The highest BCUT2D eigenvalue weighted by Gasteiger charge is 2.30. The van der Waals surface area contributed by atoms with Crippen molar-refractivity contribution in [1.29, 1.82) is 0 Å². The summed E-state index contributed by atoms with van der Waals surface area (Å²) in [4.78, 5) is 0. The van der Waals surface area contributed by atoms with Gasteiger partial charge in [0.15, 0.2) is 0 Å². The molecule has 0 bridgehead atoms. The van der Waals surface area contributed by atoms with Crippen molar-refractivity contribution >= 4 is 23.5 Å². The highest BCUT2D eigenvalue weighted by molar-refractivity contribution is 6.33. The summed E-state index contributed by atoms with van der Waals surface area (Å²) >= 11 is 5.90. The zero-order valence-corrected chi connectivity index (χ0v) is 15.2. The molecule has 0 aliphatic carbocycles. The van der Waals surface area contributed by atoms with Crippen LogP contribution in [0.4, 0.5) is 18.9 Å². The third kappa shape index (κ3) is 6.26. The molecule has 0 aromatic heterocycles. The summed E-state index contributed by atoms with van der Waals surface area (Å²) in [5, 5.41) is 4.10. The zero-order chi connectivity index (χ0) is 19.2. The van der Waals surface area contributed by atoms with Gasteiger partial charge in [-0.15, -0.1) is 0 Å². The Hall–Kier alpha value is -2.21. The number of rotatable bonds is 7. The fraction of sp³-hybridized carbons (Fsp3) is 0.316. The van der Waals surface area contributed by atoms with Crippen LogP contribution < -0.4 is 10.2 Å². The quantitative estimate of drug-likeness (QED) is 0.453. The maximum atomic E-state index is 12.7. The van der Waals surface area contributed by atoms with E-state index in [0.717, 1.165) is 29.9 Å². The van der Waals surface area contributed by atoms with Gasteiger partial charge in [0.05, 0.1) is 29.1 Å². The average Bonchev–Trinajstić information content (AvgIpc) is 2.56. The van der Waals surface area contributed by atoms with Gasteiger partial charge in [0.25, 0.3) is 0 Å². The van der Waals surface area contributed by atoms with E-state index in [9.17, 15) is 13.2 Å². The topological polar surface area (TPSA) is 33.6 Å². The predicted octanol–water partition coefficient (Wildman–Crippen LogP) is 6.23. The second-order valence-corrected chi connectivity index (χ2v) is 6.57. The van der Waals surface area contributed by atoms with E-state index in [4.69, 9.17) is 16.3 Å². The van der Waals surface area contributed by atoms with E-state index < -0.39 is 11.7 Å². The Morgan fingerprint density at radius 3 is 2.46 bits per heavy atom. The van der Waals surface area contributed by atoms with Crippen molar-refractivity contribution in [3.8, 4) is 5.75 Å². The van der Waals surface area contributed by atoms with Crippen LogP contribution in [-0.4, -0.2) is 12.8 Å². The summed E-state index contributed by atoms with van der Waals surface area (Å²) in [6, 6.07) is 10.3. The molecule has 140 valence electrons. The van der Waals surface area contributed by atoms with E-state index in [1.165, 1.54) is 12.3 Å². The Bertz CT molecular complexity index is 743. The van der Waals surface area contributed by atoms with Crippen LogP contribution in [0.5, 0.6) is 5.75 Å². The van der Waals surface area contributed by atoms with Gasteiger partial charge in [0.1, 0.15) is 5.75 Å². The SMILES string of the molecule is CC(C)CCOc1ccc(/C=N\Nc2cc(C(F)(F)F)ccc2Cl)cc1. The molecule has 0 radical (unpaired) electrons. The first-order valence-corrected chi connectivity index (χ1v) is 8.52. The van der Waals surface area contributed by atoms with Crippen molar-refractivity contribution in [2.45, 2.75) is 26.4 Å². The lowest BCUT2D eigenvalue weighted by atomic mass is 10.1. The Balaban J connectivity index is 1.96. The summed E-state index contributed by atoms with van der Waals surface area (Å²) in [5.41, 5.74) is 2.62. The molecule has 0 atom stereocenters. The van der Waals surface area contributed by atoms with Gasteiger partial charge in [0, 0.05) is 0 Å². The number of ether oxygens (including phenoxy) is 1. The molecule has 26 heavy (non-hydrogen) atoms. The van der Waals surface area contributed by atoms with Crippen LogP contribution in [0.15, 0.2) is 47.6 Å². The third-order valence-electron chi connectivity index (χ3n) is 3.54. The summed E-state index contributed by atoms with van der Waals surface area (Å²) in [7, 11) is 0. The smallest absolute Gasteiger partial charge is 0.416 e. The van der Waals surface area contributed by atoms with Crippen LogP contribution in [0.1, 0.15) is 31.4 Å². The molecule has 2 rings (SSSR count). The first-order chi connectivity index (χ1) is 12.3. The average molecular weight is 385 g/mol. The molecule has 0 aliphatic heterocycles. The third-order valence-corrected chi connectivity index (χ3v) is 3.87. The molecule has 2 aromatic rings. The Kier molecular flexibility index (Phi) is 6.91. The van der Waals surface area contributed by atoms with E-state index in [-0.39, 0.29) is 10.7 Å². The summed E-state index contributed by atoms with van der Waals surface area (Å²) in [6.07, 6.45) is -1.96. The van der Waals surface area contributed by atoms with Gasteiger partial charge < -0.3 is 4.74 Å². The molecule has 0 saturated heterocycles. The molecule has 1 N–H and O–H groups in total. The minimum Gasteiger partial charge on any atom is -0.494 e. The number of alkyl halides is 3. The molecular formula is C19H20ClF3N2O. The Morgan fingerprint density at radius 1 is 1.15 bits per heavy atom. The normalized spacial score (nSPS) is 12.0. The number of anilines is 1. The van der Waals surface area contributed by atoms with Crippen molar-refractivity contribution in [1.82, 2.24) is 0 Å². The second-order valence-electron chi connectivity index (χ2n) is 6.16. The summed E-state index contributed by atoms with van der Waals surface area (Å²) < 4.78 is 43.8. The van der Waals surface area contributed by atoms with Crippen LogP contribution in [0.25, 0.3) is 0 Å². The zero-order valence-electron chi connectivity index (χ0n) is 14.5. The maximum Gasteiger partial charge on any atom is 0.416 e. The van der Waals surface area contributed by atoms with Crippen LogP contribution in [0.2, 0.25) is 5.02 Å². The van der Waals surface area contributed by atoms with E-state index in [1.807, 2.05) is 24.3 Å². The highest BCUT2D eigenvalue weighted by Crippen LogP contribution is 2.33. The van der Waals surface area contributed by atoms with E-state index in [2.05, 4.69) is 24.4 Å². The van der Waals surface area contributed by atoms with Crippen LogP contribution >= 0.6 is 11.6 Å². The Labute approximate surface area is 155 Å². The van der Waals surface area contributed by atoms with Crippen molar-refractivity contribution < 1.29 is 17.9 Å². The summed E-state index contributed by atoms with van der Waals surface area (Å²) in [6.45, 7) is 4.92. The molecule has 0 amide bonds. The molecule has 0 unspecified atom stereocenters. The van der Waals surface area contributed by atoms with Crippen molar-refractivity contribution in [3.05, 3.63) is 58.6 Å². The lowest BCUT2D eigenvalue weighted by Gasteiger charge is -2.10. The van der Waals surface area contributed by atoms with Crippen molar-refractivity contribution in [3.63, 3.8) is 0 Å². The number of nitrogens with zero attached hydrogens (tertiary/aromatic N) is 1. The fourth-order valence-electron chi connectivity index (χ4n) is 2.03. The molecule has 0 heterocycles. The van der Waals surface area contributed by atoms with Gasteiger partial charge in [-0.3, -0.25) is 5.43 Å². The molecule has 7 heteroatoms. The number of nitrogens with one attached hydrogen (secondary N) is 1. The van der Waals surface area contributed by atoms with Crippen LogP contribution in [-0.2, 0) is 6.18 Å².